The molecule has 3 saturated heterocycles. The summed E-state index contributed by atoms with van der Waals surface area (Å²) in [5, 5.41) is 0. The molecule has 0 spiro atoms. The number of epoxide rings is 1. The molecule has 0 amide bonds. The van der Waals surface area contributed by atoms with Gasteiger partial charge in [0.05, 0.1) is 19.1 Å². The summed E-state index contributed by atoms with van der Waals surface area (Å²) in [6.07, 6.45) is 1.88. The summed E-state index contributed by atoms with van der Waals surface area (Å²) in [6, 6.07) is 32.2. The first-order valence-corrected chi connectivity index (χ1v) is 15.7. The number of carbonyl (C=O) groups excluding carboxylic acids is 1. The monoisotopic (exact) mass is 607 g/mol. The zero-order valence-corrected chi connectivity index (χ0v) is 25.2. The van der Waals surface area contributed by atoms with E-state index in [0.717, 1.165) is 16.7 Å². The summed E-state index contributed by atoms with van der Waals surface area (Å²) in [6.45, 7) is 3.64. The average Bonchev–Trinajstić information content (AvgIpc) is 3.81. The predicted molar refractivity (Wildman–Crippen MR) is 168 cm³/mol. The molecule has 4 atom stereocenters. The molecule has 3 aliphatic rings. The van der Waals surface area contributed by atoms with Gasteiger partial charge in [0.2, 0.25) is 5.95 Å². The van der Waals surface area contributed by atoms with E-state index in [4.69, 9.17) is 18.9 Å². The van der Waals surface area contributed by atoms with E-state index in [0.29, 0.717) is 38.5 Å². The van der Waals surface area contributed by atoms with Gasteiger partial charge in [-0.05, 0) is 36.5 Å². The van der Waals surface area contributed by atoms with Crippen LogP contribution in [0.2, 0.25) is 0 Å². The van der Waals surface area contributed by atoms with Gasteiger partial charge in [-0.25, -0.2) is 0 Å². The Balaban J connectivity index is 1.14. The first kappa shape index (κ1) is 29.4. The van der Waals surface area contributed by atoms with E-state index in [2.05, 4.69) is 41.4 Å². The second kappa shape index (κ2) is 12.6. The number of anilines is 1. The third-order valence-electron chi connectivity index (χ3n) is 9.02. The van der Waals surface area contributed by atoms with Crippen LogP contribution in [0.3, 0.4) is 0 Å². The van der Waals surface area contributed by atoms with Crippen molar-refractivity contribution >= 4 is 11.9 Å². The molecule has 3 aromatic carbocycles. The lowest BCUT2D eigenvalue weighted by atomic mass is 9.80. The summed E-state index contributed by atoms with van der Waals surface area (Å²) in [5.74, 6) is 0.215. The summed E-state index contributed by atoms with van der Waals surface area (Å²) < 4.78 is 27.0. The second-order valence-corrected chi connectivity index (χ2v) is 11.7. The van der Waals surface area contributed by atoms with Crippen molar-refractivity contribution in [2.75, 3.05) is 31.2 Å². The molecule has 45 heavy (non-hydrogen) atoms. The zero-order valence-electron chi connectivity index (χ0n) is 25.2. The first-order valence-electron chi connectivity index (χ1n) is 15.7. The van der Waals surface area contributed by atoms with Gasteiger partial charge in [0.15, 0.2) is 6.23 Å². The highest BCUT2D eigenvalue weighted by Gasteiger charge is 2.60. The van der Waals surface area contributed by atoms with Crippen molar-refractivity contribution < 1.29 is 23.7 Å². The number of hydrogen-bond acceptors (Lipinski definition) is 8. The largest absolute Gasteiger partial charge is 0.466 e. The summed E-state index contributed by atoms with van der Waals surface area (Å²) >= 11 is 0. The molecule has 9 nitrogen and oxygen atoms in total. The van der Waals surface area contributed by atoms with Crippen molar-refractivity contribution in [3.8, 4) is 0 Å². The lowest BCUT2D eigenvalue weighted by Crippen LogP contribution is -2.40. The molecule has 4 aromatic rings. The Hall–Kier alpha value is -4.31. The van der Waals surface area contributed by atoms with Gasteiger partial charge < -0.3 is 23.8 Å². The van der Waals surface area contributed by atoms with E-state index >= 15 is 0 Å². The first-order chi connectivity index (χ1) is 22.1. The van der Waals surface area contributed by atoms with E-state index in [9.17, 15) is 9.59 Å². The molecule has 4 heterocycles. The number of ether oxygens (including phenoxy) is 4. The maximum atomic E-state index is 12.4. The number of hydrogen-bond donors (Lipinski definition) is 0. The second-order valence-electron chi connectivity index (χ2n) is 11.7. The minimum Gasteiger partial charge on any atom is -0.466 e. The van der Waals surface area contributed by atoms with Gasteiger partial charge in [0, 0.05) is 25.4 Å². The van der Waals surface area contributed by atoms with Gasteiger partial charge in [-0.2, -0.15) is 4.98 Å². The van der Waals surface area contributed by atoms with Crippen LogP contribution in [0.4, 0.5) is 5.95 Å². The lowest BCUT2D eigenvalue weighted by molar-refractivity contribution is -0.148. The molecule has 3 fully saturated rings. The van der Waals surface area contributed by atoms with Crippen LogP contribution in [0.25, 0.3) is 0 Å². The zero-order chi connectivity index (χ0) is 30.8. The smallest absolute Gasteiger partial charge is 0.309 e. The van der Waals surface area contributed by atoms with E-state index in [1.54, 1.807) is 6.20 Å². The average molecular weight is 608 g/mol. The van der Waals surface area contributed by atoms with E-state index in [-0.39, 0.29) is 42.4 Å². The van der Waals surface area contributed by atoms with Crippen molar-refractivity contribution in [3.63, 3.8) is 0 Å². The molecule has 0 saturated carbocycles. The fourth-order valence-electron chi connectivity index (χ4n) is 6.74. The Bertz CT molecular complexity index is 1560. The number of nitrogens with zero attached hydrogens (tertiary/aromatic N) is 3. The number of piperidine rings is 1. The van der Waals surface area contributed by atoms with Crippen LogP contribution >= 0.6 is 0 Å². The van der Waals surface area contributed by atoms with Gasteiger partial charge >= 0.3 is 5.97 Å². The van der Waals surface area contributed by atoms with Crippen molar-refractivity contribution in [3.05, 3.63) is 130 Å². The molecule has 0 radical (unpaired) electrons. The molecule has 0 bridgehead atoms. The molecule has 232 valence electrons. The highest BCUT2D eigenvalue weighted by atomic mass is 16.7. The Kier molecular flexibility index (Phi) is 8.23. The highest BCUT2D eigenvalue weighted by Crippen LogP contribution is 2.48. The van der Waals surface area contributed by atoms with Gasteiger partial charge in [-0.1, -0.05) is 91.0 Å². The van der Waals surface area contributed by atoms with Crippen molar-refractivity contribution in [1.29, 1.82) is 0 Å². The number of benzene rings is 3. The lowest BCUT2D eigenvalue weighted by Gasteiger charge is -2.37. The van der Waals surface area contributed by atoms with Crippen LogP contribution in [0.15, 0.2) is 108 Å². The van der Waals surface area contributed by atoms with Gasteiger partial charge in [0.1, 0.15) is 23.9 Å². The molecule has 1 aromatic heterocycles. The van der Waals surface area contributed by atoms with E-state index in [1.807, 2.05) is 71.0 Å². The van der Waals surface area contributed by atoms with Gasteiger partial charge in [-0.15, -0.1) is 0 Å². The number of esters is 1. The normalized spacial score (nSPS) is 23.0. The fraction of sp³-hybridized carbons (Fsp3) is 0.361. The van der Waals surface area contributed by atoms with Crippen LogP contribution < -0.4 is 10.5 Å². The minimum atomic E-state index is -0.872. The molecule has 9 heteroatoms. The number of aromatic nitrogens is 2. The molecule has 7 rings (SSSR count). The van der Waals surface area contributed by atoms with Crippen LogP contribution in [0.1, 0.15) is 42.7 Å². The highest BCUT2D eigenvalue weighted by molar-refractivity contribution is 5.72. The minimum absolute atomic E-state index is 0.142. The Morgan fingerprint density at radius 3 is 1.98 bits per heavy atom. The molecule has 0 aliphatic carbocycles. The maximum Gasteiger partial charge on any atom is 0.309 e. The summed E-state index contributed by atoms with van der Waals surface area (Å²) in [5.41, 5.74) is 1.86. The number of carbonyl (C=O) groups is 1. The molecule has 3 aliphatic heterocycles. The van der Waals surface area contributed by atoms with Gasteiger partial charge in [0.25, 0.3) is 5.56 Å². The molecule has 0 N–H and O–H groups in total. The Morgan fingerprint density at radius 1 is 0.844 bits per heavy atom. The van der Waals surface area contributed by atoms with Gasteiger partial charge in [-0.3, -0.25) is 14.2 Å². The summed E-state index contributed by atoms with van der Waals surface area (Å²) in [4.78, 5) is 31.1. The summed E-state index contributed by atoms with van der Waals surface area (Å²) in [7, 11) is 0. The van der Waals surface area contributed by atoms with Crippen LogP contribution in [0.5, 0.6) is 0 Å². The third kappa shape index (κ3) is 5.67. The number of rotatable bonds is 10. The van der Waals surface area contributed by atoms with Crippen LogP contribution in [-0.4, -0.2) is 60.1 Å². The fourth-order valence-corrected chi connectivity index (χ4v) is 6.74. The van der Waals surface area contributed by atoms with Crippen molar-refractivity contribution in [2.24, 2.45) is 5.92 Å². The number of fused-ring (bicyclic) bond motifs is 1. The quantitative estimate of drug-likeness (QED) is 0.146. The van der Waals surface area contributed by atoms with Crippen LogP contribution in [0, 0.1) is 5.92 Å². The van der Waals surface area contributed by atoms with Crippen molar-refractivity contribution in [1.82, 2.24) is 9.55 Å². The topological polar surface area (TPSA) is 95.4 Å². The third-order valence-corrected chi connectivity index (χ3v) is 9.02. The van der Waals surface area contributed by atoms with E-state index in [1.165, 1.54) is 6.07 Å². The molecule has 0 unspecified atom stereocenters. The van der Waals surface area contributed by atoms with Crippen LogP contribution in [-0.2, 0) is 29.3 Å². The predicted octanol–water partition coefficient (Wildman–Crippen LogP) is 4.70. The SMILES string of the molecule is CCOC(=O)C1CCN(c2nc(=O)ccn2[C@@H]2O[C@H](COC(c3ccccc3)(c3ccccc3)c3ccccc3)[C@@H]3O[C@@H]32)CC1. The Labute approximate surface area is 262 Å². The van der Waals surface area contributed by atoms with E-state index < -0.39 is 11.8 Å². The van der Waals surface area contributed by atoms with Crippen molar-refractivity contribution in [2.45, 2.75) is 49.9 Å². The molecular weight excluding hydrogens is 570 g/mol. The molecular formula is C36H37N3O6. The maximum absolute atomic E-state index is 12.4. The Morgan fingerprint density at radius 2 is 1.42 bits per heavy atom. The standard InChI is InChI=1S/C36H37N3O6/c1-2-42-34(41)25-18-21-38(22-19-25)35-37-30(40)20-23-39(35)33-32-31(45-32)29(44-33)24-43-36(26-12-6-3-7-13-26,27-14-8-4-9-15-27)28-16-10-5-11-17-28/h3-17,20,23,25,29,31-33H,2,18-19,21-22,24H2,1H3/t29-,31+,32+,33-/m1/s1.